The van der Waals surface area contributed by atoms with Gasteiger partial charge in [0, 0.05) is 0 Å². The molecule has 1 nitrogen and oxygen atoms in total. The topological polar surface area (TPSA) is 9.23 Å². The van der Waals surface area contributed by atoms with Crippen molar-refractivity contribution in [3.63, 3.8) is 0 Å². The highest BCUT2D eigenvalue weighted by molar-refractivity contribution is 5.21. The van der Waals surface area contributed by atoms with E-state index in [1.807, 2.05) is 30.3 Å². The largest absolute Gasteiger partial charge is 0.488 e. The summed E-state index contributed by atoms with van der Waals surface area (Å²) in [5.41, 5.74) is -0.0669. The van der Waals surface area contributed by atoms with E-state index >= 15 is 0 Å². The van der Waals surface area contributed by atoms with Crippen molar-refractivity contribution < 1.29 is 4.74 Å². The lowest BCUT2D eigenvalue weighted by molar-refractivity contribution is 0.0959. The van der Waals surface area contributed by atoms with Crippen LogP contribution >= 0.6 is 0 Å². The van der Waals surface area contributed by atoms with Crippen LogP contribution in [-0.2, 0) is 0 Å². The van der Waals surface area contributed by atoms with Crippen LogP contribution in [0.4, 0.5) is 0 Å². The van der Waals surface area contributed by atoms with Crippen molar-refractivity contribution in [2.24, 2.45) is 11.8 Å². The predicted molar refractivity (Wildman–Crippen MR) is 121 cm³/mol. The zero-order valence-corrected chi connectivity index (χ0v) is 18.9. The molecule has 0 amide bonds. The average Bonchev–Trinajstić information content (AvgIpc) is 2.60. The van der Waals surface area contributed by atoms with E-state index in [4.69, 9.17) is 4.74 Å². The molecule has 156 valence electrons. The Morgan fingerprint density at radius 2 is 1.22 bits per heavy atom. The van der Waals surface area contributed by atoms with Gasteiger partial charge in [0.1, 0.15) is 11.4 Å². The molecule has 1 atom stereocenters. The van der Waals surface area contributed by atoms with E-state index in [0.29, 0.717) is 0 Å². The Hall–Kier alpha value is -0.980. The SMILES string of the molecule is CC(C)CCCCCCCC(C)CCCCCC(C)(C)Oc1ccccc1. The van der Waals surface area contributed by atoms with E-state index in [1.165, 1.54) is 70.6 Å². The molecule has 0 aliphatic carbocycles. The molecule has 1 aromatic carbocycles. The van der Waals surface area contributed by atoms with Crippen molar-refractivity contribution >= 4 is 0 Å². The molecule has 0 heterocycles. The second kappa shape index (κ2) is 14.1. The molecule has 0 aliphatic heterocycles. The molecule has 0 aliphatic rings. The Balaban J connectivity index is 1.97. The summed E-state index contributed by atoms with van der Waals surface area (Å²) in [4.78, 5) is 0. The number of hydrogen-bond acceptors (Lipinski definition) is 1. The van der Waals surface area contributed by atoms with Gasteiger partial charge in [0.05, 0.1) is 0 Å². The maximum Gasteiger partial charge on any atom is 0.120 e. The summed E-state index contributed by atoms with van der Waals surface area (Å²) in [6.45, 7) is 11.5. The molecule has 0 bridgehead atoms. The van der Waals surface area contributed by atoms with E-state index < -0.39 is 0 Å². The number of rotatable bonds is 16. The van der Waals surface area contributed by atoms with Crippen LogP contribution in [0.15, 0.2) is 30.3 Å². The summed E-state index contributed by atoms with van der Waals surface area (Å²) in [6, 6.07) is 10.2. The number of unbranched alkanes of at least 4 members (excludes halogenated alkanes) is 6. The van der Waals surface area contributed by atoms with E-state index in [0.717, 1.165) is 24.0 Å². The molecule has 27 heavy (non-hydrogen) atoms. The molecule has 0 aromatic heterocycles. The fourth-order valence-corrected chi connectivity index (χ4v) is 3.80. The van der Waals surface area contributed by atoms with Gasteiger partial charge < -0.3 is 4.74 Å². The van der Waals surface area contributed by atoms with Crippen LogP contribution < -0.4 is 4.74 Å². The highest BCUT2D eigenvalue weighted by Crippen LogP contribution is 2.24. The third-order valence-corrected chi connectivity index (χ3v) is 5.59. The maximum absolute atomic E-state index is 6.14. The second-order valence-corrected chi connectivity index (χ2v) is 9.62. The summed E-state index contributed by atoms with van der Waals surface area (Å²) in [7, 11) is 0. The first kappa shape index (κ1) is 24.1. The van der Waals surface area contributed by atoms with Gasteiger partial charge >= 0.3 is 0 Å². The van der Waals surface area contributed by atoms with Crippen LogP contribution in [0.3, 0.4) is 0 Å². The van der Waals surface area contributed by atoms with Crippen LogP contribution in [-0.4, -0.2) is 5.60 Å². The normalized spacial score (nSPS) is 13.1. The molecular weight excluding hydrogens is 328 g/mol. The quantitative estimate of drug-likeness (QED) is 0.263. The van der Waals surface area contributed by atoms with Crippen molar-refractivity contribution in [2.45, 2.75) is 117 Å². The lowest BCUT2D eigenvalue weighted by Gasteiger charge is -2.26. The van der Waals surface area contributed by atoms with Crippen molar-refractivity contribution in [1.82, 2.24) is 0 Å². The van der Waals surface area contributed by atoms with Crippen molar-refractivity contribution in [2.75, 3.05) is 0 Å². The van der Waals surface area contributed by atoms with Gasteiger partial charge in [-0.3, -0.25) is 0 Å². The van der Waals surface area contributed by atoms with E-state index in [9.17, 15) is 0 Å². The van der Waals surface area contributed by atoms with Crippen LogP contribution in [0.2, 0.25) is 0 Å². The van der Waals surface area contributed by atoms with Crippen LogP contribution in [0.25, 0.3) is 0 Å². The first-order valence-electron chi connectivity index (χ1n) is 11.6. The Bertz CT molecular complexity index is 449. The first-order valence-corrected chi connectivity index (χ1v) is 11.6. The molecule has 0 fully saturated rings. The number of ether oxygens (including phenoxy) is 1. The third-order valence-electron chi connectivity index (χ3n) is 5.59. The highest BCUT2D eigenvalue weighted by Gasteiger charge is 2.19. The molecule has 0 saturated carbocycles. The summed E-state index contributed by atoms with van der Waals surface area (Å²) in [5.74, 6) is 2.76. The fraction of sp³-hybridized carbons (Fsp3) is 0.769. The zero-order valence-electron chi connectivity index (χ0n) is 18.9. The van der Waals surface area contributed by atoms with Gasteiger partial charge in [-0.2, -0.15) is 0 Å². The minimum atomic E-state index is -0.0669. The molecule has 0 N–H and O–H groups in total. The molecule has 1 aromatic rings. The maximum atomic E-state index is 6.14. The van der Waals surface area contributed by atoms with Gasteiger partial charge in [0.15, 0.2) is 0 Å². The molecule has 1 rings (SSSR count). The predicted octanol–water partition coefficient (Wildman–Crippen LogP) is 8.82. The van der Waals surface area contributed by atoms with Crippen molar-refractivity contribution in [3.05, 3.63) is 30.3 Å². The molecule has 0 radical (unpaired) electrons. The summed E-state index contributed by atoms with van der Waals surface area (Å²) < 4.78 is 6.14. The Kier molecular flexibility index (Phi) is 12.5. The van der Waals surface area contributed by atoms with E-state index in [1.54, 1.807) is 0 Å². The number of para-hydroxylation sites is 1. The minimum absolute atomic E-state index is 0.0669. The molecule has 1 heteroatoms. The smallest absolute Gasteiger partial charge is 0.120 e. The third kappa shape index (κ3) is 13.8. The number of benzene rings is 1. The lowest BCUT2D eigenvalue weighted by atomic mass is 9.94. The lowest BCUT2D eigenvalue weighted by Crippen LogP contribution is -2.27. The molecule has 0 saturated heterocycles. The van der Waals surface area contributed by atoms with Crippen LogP contribution in [0, 0.1) is 11.8 Å². The minimum Gasteiger partial charge on any atom is -0.488 e. The summed E-state index contributed by atoms with van der Waals surface area (Å²) >= 11 is 0. The Morgan fingerprint density at radius 3 is 1.81 bits per heavy atom. The standard InChI is InChI=1S/C26H46O/c1-23(2)17-11-7-6-8-12-18-24(3)19-13-10-16-22-26(4,5)27-25-20-14-9-15-21-25/h9,14-15,20-21,23-24H,6-8,10-13,16-19,22H2,1-5H3. The molecule has 1 unspecified atom stereocenters. The highest BCUT2D eigenvalue weighted by atomic mass is 16.5. The van der Waals surface area contributed by atoms with Gasteiger partial charge in [-0.1, -0.05) is 103 Å². The van der Waals surface area contributed by atoms with Crippen molar-refractivity contribution in [3.8, 4) is 5.75 Å². The summed E-state index contributed by atoms with van der Waals surface area (Å²) in [5, 5.41) is 0. The van der Waals surface area contributed by atoms with Crippen LogP contribution in [0.5, 0.6) is 5.75 Å². The van der Waals surface area contributed by atoms with Gasteiger partial charge in [-0.15, -0.1) is 0 Å². The Labute approximate surface area is 170 Å². The fourth-order valence-electron chi connectivity index (χ4n) is 3.80. The van der Waals surface area contributed by atoms with Gasteiger partial charge in [-0.25, -0.2) is 0 Å². The Morgan fingerprint density at radius 1 is 0.704 bits per heavy atom. The second-order valence-electron chi connectivity index (χ2n) is 9.62. The monoisotopic (exact) mass is 374 g/mol. The molecular formula is C26H46O. The zero-order chi connectivity index (χ0) is 20.0. The number of hydrogen-bond donors (Lipinski definition) is 0. The van der Waals surface area contributed by atoms with Gasteiger partial charge in [0.25, 0.3) is 0 Å². The van der Waals surface area contributed by atoms with Gasteiger partial charge in [0.2, 0.25) is 0 Å². The average molecular weight is 375 g/mol. The van der Waals surface area contributed by atoms with Crippen molar-refractivity contribution in [1.29, 1.82) is 0 Å². The first-order chi connectivity index (χ1) is 12.9. The van der Waals surface area contributed by atoms with E-state index in [-0.39, 0.29) is 5.60 Å². The van der Waals surface area contributed by atoms with E-state index in [2.05, 4.69) is 34.6 Å². The van der Waals surface area contributed by atoms with Crippen LogP contribution in [0.1, 0.15) is 112 Å². The van der Waals surface area contributed by atoms with Gasteiger partial charge in [-0.05, 0) is 50.7 Å². The summed E-state index contributed by atoms with van der Waals surface area (Å²) in [6.07, 6.45) is 16.5. The molecule has 0 spiro atoms.